The molecule has 2 aromatic carbocycles. The van der Waals surface area contributed by atoms with Gasteiger partial charge >= 0.3 is 0 Å². The molecule has 0 amide bonds. The van der Waals surface area contributed by atoms with E-state index in [9.17, 15) is 0 Å². The van der Waals surface area contributed by atoms with Crippen LogP contribution in [-0.4, -0.2) is 18.0 Å². The zero-order chi connectivity index (χ0) is 15.4. The molecule has 22 heavy (non-hydrogen) atoms. The fourth-order valence-electron chi connectivity index (χ4n) is 3.30. The Labute approximate surface area is 132 Å². The first-order chi connectivity index (χ1) is 10.7. The van der Waals surface area contributed by atoms with E-state index in [1.54, 1.807) is 0 Å². The number of likely N-dealkylation sites (tertiary alicyclic amines) is 1. The van der Waals surface area contributed by atoms with Crippen molar-refractivity contribution >= 4 is 11.4 Å². The van der Waals surface area contributed by atoms with Crippen molar-refractivity contribution in [3.05, 3.63) is 59.7 Å². The highest BCUT2D eigenvalue weighted by Crippen LogP contribution is 2.25. The van der Waals surface area contributed by atoms with Crippen LogP contribution in [-0.2, 0) is 13.0 Å². The molecular weight excluding hydrogens is 270 g/mol. The number of nitrogen functional groups attached to an aromatic ring is 2. The van der Waals surface area contributed by atoms with Crippen molar-refractivity contribution in [3.8, 4) is 0 Å². The van der Waals surface area contributed by atoms with Crippen LogP contribution in [0.25, 0.3) is 0 Å². The number of para-hydroxylation sites is 2. The summed E-state index contributed by atoms with van der Waals surface area (Å²) in [6.45, 7) is 3.25. The predicted molar refractivity (Wildman–Crippen MR) is 93.4 cm³/mol. The Hall–Kier alpha value is -2.00. The van der Waals surface area contributed by atoms with Crippen LogP contribution in [0.4, 0.5) is 11.4 Å². The molecule has 0 spiro atoms. The largest absolute Gasteiger partial charge is 0.399 e. The summed E-state index contributed by atoms with van der Waals surface area (Å²) in [6, 6.07) is 16.4. The van der Waals surface area contributed by atoms with Gasteiger partial charge in [-0.25, -0.2) is 0 Å². The van der Waals surface area contributed by atoms with E-state index in [4.69, 9.17) is 11.5 Å². The van der Waals surface area contributed by atoms with Gasteiger partial charge in [0.2, 0.25) is 0 Å². The minimum Gasteiger partial charge on any atom is -0.399 e. The average molecular weight is 295 g/mol. The molecule has 0 saturated carbocycles. The van der Waals surface area contributed by atoms with Crippen LogP contribution in [0.2, 0.25) is 0 Å². The van der Waals surface area contributed by atoms with E-state index >= 15 is 0 Å². The second-order valence-electron chi connectivity index (χ2n) is 6.32. The Balaban J connectivity index is 1.52. The van der Waals surface area contributed by atoms with Crippen molar-refractivity contribution in [3.63, 3.8) is 0 Å². The molecule has 3 nitrogen and oxygen atoms in total. The highest BCUT2D eigenvalue weighted by Gasteiger charge is 2.20. The zero-order valence-electron chi connectivity index (χ0n) is 13.0. The lowest BCUT2D eigenvalue weighted by Crippen LogP contribution is -2.34. The summed E-state index contributed by atoms with van der Waals surface area (Å²) in [6.07, 6.45) is 3.58. The molecule has 1 fully saturated rings. The number of nitrogens with zero attached hydrogens (tertiary/aromatic N) is 1. The molecule has 1 heterocycles. The summed E-state index contributed by atoms with van der Waals surface area (Å²) in [4.78, 5) is 2.51. The molecule has 0 bridgehead atoms. The molecule has 1 aliphatic heterocycles. The third-order valence-electron chi connectivity index (χ3n) is 4.72. The Morgan fingerprint density at radius 2 is 1.36 bits per heavy atom. The van der Waals surface area contributed by atoms with Crippen LogP contribution in [0.1, 0.15) is 24.0 Å². The molecule has 1 aliphatic rings. The van der Waals surface area contributed by atoms with Gasteiger partial charge in [-0.15, -0.1) is 0 Å². The topological polar surface area (TPSA) is 55.3 Å². The van der Waals surface area contributed by atoms with Crippen LogP contribution >= 0.6 is 0 Å². The first kappa shape index (κ1) is 14.9. The van der Waals surface area contributed by atoms with E-state index in [1.807, 2.05) is 24.3 Å². The van der Waals surface area contributed by atoms with Gasteiger partial charge in [0.15, 0.2) is 0 Å². The van der Waals surface area contributed by atoms with Crippen molar-refractivity contribution in [1.29, 1.82) is 0 Å². The van der Waals surface area contributed by atoms with Crippen molar-refractivity contribution < 1.29 is 0 Å². The summed E-state index contributed by atoms with van der Waals surface area (Å²) >= 11 is 0. The number of hydrogen-bond acceptors (Lipinski definition) is 3. The molecule has 1 saturated heterocycles. The fourth-order valence-corrected chi connectivity index (χ4v) is 3.30. The molecule has 116 valence electrons. The number of benzene rings is 2. The summed E-state index contributed by atoms with van der Waals surface area (Å²) in [5, 5.41) is 0. The Morgan fingerprint density at radius 1 is 0.818 bits per heavy atom. The van der Waals surface area contributed by atoms with Gasteiger partial charge in [0.1, 0.15) is 0 Å². The minimum absolute atomic E-state index is 0.745. The zero-order valence-corrected chi connectivity index (χ0v) is 13.0. The van der Waals surface area contributed by atoms with Crippen LogP contribution < -0.4 is 11.5 Å². The van der Waals surface area contributed by atoms with E-state index in [0.29, 0.717) is 0 Å². The van der Waals surface area contributed by atoms with E-state index in [0.717, 1.165) is 43.3 Å². The van der Waals surface area contributed by atoms with Crippen LogP contribution in [0.3, 0.4) is 0 Å². The molecular formula is C19H25N3. The van der Waals surface area contributed by atoms with Gasteiger partial charge in [-0.3, -0.25) is 4.90 Å². The number of anilines is 2. The highest BCUT2D eigenvalue weighted by atomic mass is 15.1. The molecule has 0 atom stereocenters. The molecule has 0 unspecified atom stereocenters. The van der Waals surface area contributed by atoms with Crippen molar-refractivity contribution in [2.75, 3.05) is 24.6 Å². The fraction of sp³-hybridized carbons (Fsp3) is 0.368. The van der Waals surface area contributed by atoms with Gasteiger partial charge in [0.05, 0.1) is 0 Å². The van der Waals surface area contributed by atoms with E-state index in [2.05, 4.69) is 29.2 Å². The molecule has 0 aromatic heterocycles. The average Bonchev–Trinajstić information content (AvgIpc) is 2.54. The van der Waals surface area contributed by atoms with Crippen molar-refractivity contribution in [1.82, 2.24) is 4.90 Å². The Morgan fingerprint density at radius 3 is 1.95 bits per heavy atom. The van der Waals surface area contributed by atoms with E-state index in [-0.39, 0.29) is 0 Å². The van der Waals surface area contributed by atoms with Crippen LogP contribution in [0.5, 0.6) is 0 Å². The van der Waals surface area contributed by atoms with Gasteiger partial charge in [0.25, 0.3) is 0 Å². The summed E-state index contributed by atoms with van der Waals surface area (Å²) in [7, 11) is 0. The second kappa shape index (κ2) is 6.84. The third-order valence-corrected chi connectivity index (χ3v) is 4.72. The number of piperidine rings is 1. The van der Waals surface area contributed by atoms with E-state index in [1.165, 1.54) is 24.0 Å². The van der Waals surface area contributed by atoms with Gasteiger partial charge in [-0.1, -0.05) is 36.4 Å². The normalized spacial score (nSPS) is 16.7. The maximum Gasteiger partial charge on any atom is 0.0359 e. The lowest BCUT2D eigenvalue weighted by Gasteiger charge is -2.32. The van der Waals surface area contributed by atoms with Crippen molar-refractivity contribution in [2.24, 2.45) is 5.92 Å². The van der Waals surface area contributed by atoms with Gasteiger partial charge < -0.3 is 11.5 Å². The van der Waals surface area contributed by atoms with Gasteiger partial charge in [0, 0.05) is 17.9 Å². The van der Waals surface area contributed by atoms with E-state index < -0.39 is 0 Å². The highest BCUT2D eigenvalue weighted by molar-refractivity contribution is 5.47. The lowest BCUT2D eigenvalue weighted by atomic mass is 9.89. The first-order valence-corrected chi connectivity index (χ1v) is 8.11. The van der Waals surface area contributed by atoms with Crippen LogP contribution in [0.15, 0.2) is 48.5 Å². The Kier molecular flexibility index (Phi) is 4.64. The minimum atomic E-state index is 0.745. The number of rotatable bonds is 4. The van der Waals surface area contributed by atoms with Gasteiger partial charge in [-0.05, 0) is 61.5 Å². The predicted octanol–water partition coefficient (Wildman–Crippen LogP) is 3.31. The second-order valence-corrected chi connectivity index (χ2v) is 6.32. The summed E-state index contributed by atoms with van der Waals surface area (Å²) in [5.74, 6) is 0.745. The SMILES string of the molecule is Nc1ccccc1CC1CCN(Cc2ccccc2N)CC1. The van der Waals surface area contributed by atoms with Gasteiger partial charge in [-0.2, -0.15) is 0 Å². The maximum atomic E-state index is 6.06. The molecule has 2 aromatic rings. The molecule has 0 radical (unpaired) electrons. The lowest BCUT2D eigenvalue weighted by molar-refractivity contribution is 0.177. The van der Waals surface area contributed by atoms with Crippen LogP contribution in [0, 0.1) is 5.92 Å². The monoisotopic (exact) mass is 295 g/mol. The number of hydrogen-bond donors (Lipinski definition) is 2. The Bertz CT molecular complexity index is 560. The first-order valence-electron chi connectivity index (χ1n) is 8.11. The summed E-state index contributed by atoms with van der Waals surface area (Å²) in [5.41, 5.74) is 16.5. The summed E-state index contributed by atoms with van der Waals surface area (Å²) < 4.78 is 0. The van der Waals surface area contributed by atoms with Crippen molar-refractivity contribution in [2.45, 2.75) is 25.8 Å². The number of nitrogens with two attached hydrogens (primary N) is 2. The standard InChI is InChI=1S/C19H25N3/c20-18-7-3-1-5-16(18)13-15-9-11-22(12-10-15)14-17-6-2-4-8-19(17)21/h1-8,15H,9-14,20-21H2. The quantitative estimate of drug-likeness (QED) is 0.851. The third kappa shape index (κ3) is 3.60. The molecule has 4 N–H and O–H groups in total. The maximum absolute atomic E-state index is 6.06. The molecule has 3 rings (SSSR count). The smallest absolute Gasteiger partial charge is 0.0359 e. The molecule has 0 aliphatic carbocycles. The molecule has 3 heteroatoms.